The molecule has 0 amide bonds. The molecule has 1 aromatic rings. The third-order valence-corrected chi connectivity index (χ3v) is 2.32. The van der Waals surface area contributed by atoms with E-state index in [0.29, 0.717) is 11.5 Å². The number of rotatable bonds is 5. The predicted octanol–water partition coefficient (Wildman–Crippen LogP) is 2.15. The molecule has 0 aliphatic heterocycles. The number of hydrogen-bond acceptors (Lipinski definition) is 4. The Bertz CT molecular complexity index is 374. The smallest absolute Gasteiger partial charge is 0.168 e. The van der Waals surface area contributed by atoms with E-state index in [2.05, 4.69) is 10.3 Å². The van der Waals surface area contributed by atoms with Crippen LogP contribution in [0.3, 0.4) is 0 Å². The van der Waals surface area contributed by atoms with Crippen LogP contribution in [0.2, 0.25) is 5.02 Å². The minimum Gasteiger partial charge on any atom is -0.493 e. The molecular weight excluding hydrogens is 237 g/mol. The summed E-state index contributed by atoms with van der Waals surface area (Å²) in [6.45, 7) is 0.127. The van der Waals surface area contributed by atoms with E-state index in [4.69, 9.17) is 21.1 Å². The fourth-order valence-electron chi connectivity index (χ4n) is 1.31. The van der Waals surface area contributed by atoms with Crippen LogP contribution in [-0.2, 0) is 11.4 Å². The van der Waals surface area contributed by atoms with E-state index in [-0.39, 0.29) is 17.1 Å². The van der Waals surface area contributed by atoms with Gasteiger partial charge in [-0.2, -0.15) is 5.48 Å². The lowest BCUT2D eigenvalue weighted by molar-refractivity contribution is 0.0852. The van der Waals surface area contributed by atoms with Gasteiger partial charge in [-0.05, 0) is 0 Å². The molecule has 16 heavy (non-hydrogen) atoms. The summed E-state index contributed by atoms with van der Waals surface area (Å²) in [5, 5.41) is -0.0226. The summed E-state index contributed by atoms with van der Waals surface area (Å²) in [6.07, 6.45) is 0. The molecule has 0 aliphatic rings. The zero-order valence-electron chi connectivity index (χ0n) is 9.27. The molecule has 1 rings (SSSR count). The summed E-state index contributed by atoms with van der Waals surface area (Å²) in [6, 6.07) is 1.37. The number of benzene rings is 1. The topological polar surface area (TPSA) is 39.7 Å². The van der Waals surface area contributed by atoms with Crippen LogP contribution in [0.4, 0.5) is 4.39 Å². The second-order valence-corrected chi connectivity index (χ2v) is 3.32. The molecule has 0 atom stereocenters. The lowest BCUT2D eigenvalue weighted by Gasteiger charge is -2.14. The van der Waals surface area contributed by atoms with Gasteiger partial charge in [-0.15, -0.1) is 0 Å². The Balaban J connectivity index is 3.23. The highest BCUT2D eigenvalue weighted by molar-refractivity contribution is 6.31. The summed E-state index contributed by atoms with van der Waals surface area (Å²) in [5.41, 5.74) is 2.78. The van der Waals surface area contributed by atoms with Gasteiger partial charge in [-0.25, -0.2) is 4.39 Å². The normalized spacial score (nSPS) is 10.3. The highest BCUT2D eigenvalue weighted by Crippen LogP contribution is 2.37. The first-order valence-corrected chi connectivity index (χ1v) is 4.88. The molecule has 90 valence electrons. The molecule has 0 aromatic heterocycles. The van der Waals surface area contributed by atoms with Crippen molar-refractivity contribution in [3.63, 3.8) is 0 Å². The Kier molecular flexibility index (Phi) is 4.79. The third-order valence-electron chi connectivity index (χ3n) is 2.05. The SMILES string of the molecule is CONCc1c(F)c(Cl)cc(OC)c1OC. The average molecular weight is 250 g/mol. The van der Waals surface area contributed by atoms with Crippen molar-refractivity contribution in [2.75, 3.05) is 21.3 Å². The first-order chi connectivity index (χ1) is 7.65. The van der Waals surface area contributed by atoms with Crippen LogP contribution >= 0.6 is 11.6 Å². The molecule has 0 saturated heterocycles. The van der Waals surface area contributed by atoms with E-state index in [1.807, 2.05) is 0 Å². The Morgan fingerprint density at radius 2 is 2.00 bits per heavy atom. The predicted molar refractivity (Wildman–Crippen MR) is 58.4 cm³/mol. The number of ether oxygens (including phenoxy) is 2. The van der Waals surface area contributed by atoms with E-state index < -0.39 is 5.82 Å². The molecule has 4 nitrogen and oxygen atoms in total. The maximum atomic E-state index is 13.7. The Hall–Kier alpha value is -1.04. The third kappa shape index (κ3) is 2.55. The summed E-state index contributed by atoms with van der Waals surface area (Å²) >= 11 is 5.73. The van der Waals surface area contributed by atoms with Crippen molar-refractivity contribution >= 4 is 11.6 Å². The van der Waals surface area contributed by atoms with E-state index in [0.717, 1.165) is 0 Å². The average Bonchev–Trinajstić information content (AvgIpc) is 2.30. The fourth-order valence-corrected chi connectivity index (χ4v) is 1.53. The lowest BCUT2D eigenvalue weighted by Crippen LogP contribution is -2.13. The van der Waals surface area contributed by atoms with E-state index in [1.54, 1.807) is 0 Å². The zero-order chi connectivity index (χ0) is 12.1. The fraction of sp³-hybridized carbons (Fsp3) is 0.400. The molecule has 0 radical (unpaired) electrons. The van der Waals surface area contributed by atoms with Crippen LogP contribution in [0, 0.1) is 5.82 Å². The molecule has 0 unspecified atom stereocenters. The number of hydroxylamine groups is 1. The Morgan fingerprint density at radius 3 is 2.50 bits per heavy atom. The standard InChI is InChI=1S/C10H13ClFNO3/c1-14-8-4-7(11)9(12)6(5-13-16-3)10(8)15-2/h4,13H,5H2,1-3H3. The van der Waals surface area contributed by atoms with Crippen molar-refractivity contribution in [2.45, 2.75) is 6.54 Å². The monoisotopic (exact) mass is 249 g/mol. The summed E-state index contributed by atoms with van der Waals surface area (Å²) < 4.78 is 23.9. The zero-order valence-corrected chi connectivity index (χ0v) is 10.0. The van der Waals surface area contributed by atoms with Crippen LogP contribution < -0.4 is 15.0 Å². The molecule has 0 aliphatic carbocycles. The van der Waals surface area contributed by atoms with Crippen LogP contribution in [0.15, 0.2) is 6.07 Å². The van der Waals surface area contributed by atoms with Crippen molar-refractivity contribution < 1.29 is 18.7 Å². The van der Waals surface area contributed by atoms with Gasteiger partial charge in [0.2, 0.25) is 0 Å². The Labute approximate surface area is 98.2 Å². The first kappa shape index (κ1) is 13.0. The van der Waals surface area contributed by atoms with Gasteiger partial charge >= 0.3 is 0 Å². The minimum atomic E-state index is -0.552. The largest absolute Gasteiger partial charge is 0.493 e. The molecule has 0 heterocycles. The second-order valence-electron chi connectivity index (χ2n) is 2.91. The van der Waals surface area contributed by atoms with Gasteiger partial charge in [0.05, 0.1) is 38.5 Å². The minimum absolute atomic E-state index is 0.0226. The molecule has 1 N–H and O–H groups in total. The van der Waals surface area contributed by atoms with Crippen molar-refractivity contribution in [3.8, 4) is 11.5 Å². The molecule has 1 aromatic carbocycles. The van der Waals surface area contributed by atoms with Crippen molar-refractivity contribution in [2.24, 2.45) is 0 Å². The summed E-state index contributed by atoms with van der Waals surface area (Å²) in [4.78, 5) is 4.66. The lowest BCUT2D eigenvalue weighted by atomic mass is 10.1. The van der Waals surface area contributed by atoms with Crippen LogP contribution in [0.5, 0.6) is 11.5 Å². The van der Waals surface area contributed by atoms with Crippen LogP contribution in [0.1, 0.15) is 5.56 Å². The van der Waals surface area contributed by atoms with Gasteiger partial charge in [0.25, 0.3) is 0 Å². The van der Waals surface area contributed by atoms with Crippen molar-refractivity contribution in [1.29, 1.82) is 0 Å². The summed E-state index contributed by atoms with van der Waals surface area (Å²) in [7, 11) is 4.33. The van der Waals surface area contributed by atoms with Gasteiger partial charge in [0.15, 0.2) is 11.5 Å². The molecule has 0 saturated carbocycles. The van der Waals surface area contributed by atoms with E-state index >= 15 is 0 Å². The van der Waals surface area contributed by atoms with Gasteiger partial charge in [0.1, 0.15) is 5.82 Å². The first-order valence-electron chi connectivity index (χ1n) is 4.50. The highest BCUT2D eigenvalue weighted by Gasteiger charge is 2.18. The van der Waals surface area contributed by atoms with E-state index in [9.17, 15) is 4.39 Å². The summed E-state index contributed by atoms with van der Waals surface area (Å²) in [5.74, 6) is 0.125. The number of nitrogens with one attached hydrogen (secondary N) is 1. The van der Waals surface area contributed by atoms with Crippen LogP contribution in [0.25, 0.3) is 0 Å². The molecule has 0 fully saturated rings. The van der Waals surface area contributed by atoms with Gasteiger partial charge in [0, 0.05) is 6.07 Å². The highest BCUT2D eigenvalue weighted by atomic mass is 35.5. The van der Waals surface area contributed by atoms with Crippen molar-refractivity contribution in [3.05, 3.63) is 22.5 Å². The molecular formula is C10H13ClFNO3. The maximum absolute atomic E-state index is 13.7. The maximum Gasteiger partial charge on any atom is 0.168 e. The van der Waals surface area contributed by atoms with Gasteiger partial charge in [-0.1, -0.05) is 11.6 Å². The molecule has 0 spiro atoms. The van der Waals surface area contributed by atoms with Crippen LogP contribution in [-0.4, -0.2) is 21.3 Å². The molecule has 6 heteroatoms. The molecule has 0 bridgehead atoms. The van der Waals surface area contributed by atoms with Gasteiger partial charge in [-0.3, -0.25) is 0 Å². The Morgan fingerprint density at radius 1 is 1.31 bits per heavy atom. The number of methoxy groups -OCH3 is 2. The quantitative estimate of drug-likeness (QED) is 0.812. The van der Waals surface area contributed by atoms with Crippen molar-refractivity contribution in [1.82, 2.24) is 5.48 Å². The number of hydrogen-bond donors (Lipinski definition) is 1. The van der Waals surface area contributed by atoms with Gasteiger partial charge < -0.3 is 14.3 Å². The second kappa shape index (κ2) is 5.89. The number of halogens is 2. The van der Waals surface area contributed by atoms with E-state index in [1.165, 1.54) is 27.4 Å².